The summed E-state index contributed by atoms with van der Waals surface area (Å²) in [4.78, 5) is 24.7. The second-order valence-electron chi connectivity index (χ2n) is 7.54. The summed E-state index contributed by atoms with van der Waals surface area (Å²) in [6, 6.07) is 17.6. The summed E-state index contributed by atoms with van der Waals surface area (Å²) >= 11 is 0. The maximum absolute atomic E-state index is 13.3. The summed E-state index contributed by atoms with van der Waals surface area (Å²) in [5.74, 6) is -0.190. The van der Waals surface area contributed by atoms with Crippen molar-refractivity contribution >= 4 is 11.9 Å². The molecule has 0 spiro atoms. The van der Waals surface area contributed by atoms with Crippen LogP contribution in [0.2, 0.25) is 0 Å². The molecule has 0 amide bonds. The number of hydrogen-bond acceptors (Lipinski definition) is 4. The molecule has 0 bridgehead atoms. The van der Waals surface area contributed by atoms with Gasteiger partial charge in [-0.05, 0) is 35.4 Å². The normalized spacial score (nSPS) is 21.3. The number of carbonyl (C=O) groups is 2. The summed E-state index contributed by atoms with van der Waals surface area (Å²) < 4.78 is 11.0. The highest BCUT2D eigenvalue weighted by atomic mass is 16.5. The predicted molar refractivity (Wildman–Crippen MR) is 107 cm³/mol. The summed E-state index contributed by atoms with van der Waals surface area (Å²) in [6.45, 7) is 4.41. The minimum Gasteiger partial charge on any atom is -0.461 e. The molecule has 4 heteroatoms. The van der Waals surface area contributed by atoms with Crippen LogP contribution >= 0.6 is 0 Å². The van der Waals surface area contributed by atoms with Crippen molar-refractivity contribution in [3.8, 4) is 0 Å². The Labute approximate surface area is 166 Å². The van der Waals surface area contributed by atoms with Crippen LogP contribution in [0.4, 0.5) is 0 Å². The first-order valence-electron chi connectivity index (χ1n) is 10.0. The summed E-state index contributed by atoms with van der Waals surface area (Å²) in [7, 11) is 0. The van der Waals surface area contributed by atoms with E-state index >= 15 is 0 Å². The van der Waals surface area contributed by atoms with Crippen LogP contribution in [0.25, 0.3) is 0 Å². The second-order valence-corrected chi connectivity index (χ2v) is 7.54. The summed E-state index contributed by atoms with van der Waals surface area (Å²) in [5.41, 5.74) is 2.20. The van der Waals surface area contributed by atoms with Crippen LogP contribution < -0.4 is 0 Å². The van der Waals surface area contributed by atoms with E-state index < -0.39 is 5.41 Å². The van der Waals surface area contributed by atoms with Crippen molar-refractivity contribution in [2.45, 2.75) is 58.2 Å². The molecule has 4 nitrogen and oxygen atoms in total. The molecule has 0 aliphatic heterocycles. The lowest BCUT2D eigenvalue weighted by Crippen LogP contribution is -2.40. The zero-order chi connectivity index (χ0) is 20.0. The third-order valence-corrected chi connectivity index (χ3v) is 5.76. The maximum atomic E-state index is 13.3. The number of benzene rings is 2. The fraction of sp³-hybridized carbons (Fsp3) is 0.417. The molecular weight excluding hydrogens is 352 g/mol. The van der Waals surface area contributed by atoms with Gasteiger partial charge in [0.25, 0.3) is 0 Å². The van der Waals surface area contributed by atoms with Crippen LogP contribution in [0.1, 0.15) is 56.2 Å². The van der Waals surface area contributed by atoms with Gasteiger partial charge in [0.15, 0.2) is 0 Å². The van der Waals surface area contributed by atoms with Gasteiger partial charge < -0.3 is 9.47 Å². The van der Waals surface area contributed by atoms with Gasteiger partial charge in [-0.25, -0.2) is 0 Å². The van der Waals surface area contributed by atoms with Crippen LogP contribution in [-0.4, -0.2) is 11.9 Å². The van der Waals surface area contributed by atoms with Crippen LogP contribution in [0.5, 0.6) is 0 Å². The highest BCUT2D eigenvalue weighted by molar-refractivity contribution is 5.84. The van der Waals surface area contributed by atoms with Gasteiger partial charge in [0.1, 0.15) is 13.2 Å². The fourth-order valence-corrected chi connectivity index (χ4v) is 4.09. The third kappa shape index (κ3) is 4.27. The van der Waals surface area contributed by atoms with Gasteiger partial charge in [0.2, 0.25) is 0 Å². The van der Waals surface area contributed by atoms with Crippen LogP contribution in [-0.2, 0) is 37.7 Å². The molecule has 148 valence electrons. The topological polar surface area (TPSA) is 52.6 Å². The van der Waals surface area contributed by atoms with Crippen molar-refractivity contribution in [2.24, 2.45) is 5.92 Å². The summed E-state index contributed by atoms with van der Waals surface area (Å²) in [6.07, 6.45) is 3.12. The highest BCUT2D eigenvalue weighted by Crippen LogP contribution is 2.47. The largest absolute Gasteiger partial charge is 0.461 e. The monoisotopic (exact) mass is 380 g/mol. The van der Waals surface area contributed by atoms with E-state index in [1.54, 1.807) is 6.92 Å². The maximum Gasteiger partial charge on any atom is 0.317 e. The Kier molecular flexibility index (Phi) is 6.50. The molecule has 2 atom stereocenters. The van der Waals surface area contributed by atoms with Crippen molar-refractivity contribution in [3.05, 3.63) is 71.3 Å². The first-order chi connectivity index (χ1) is 13.6. The van der Waals surface area contributed by atoms with E-state index in [0.717, 1.165) is 36.0 Å². The lowest BCUT2D eigenvalue weighted by Gasteiger charge is -2.32. The van der Waals surface area contributed by atoms with Crippen molar-refractivity contribution < 1.29 is 19.1 Å². The Morgan fingerprint density at radius 3 is 2.39 bits per heavy atom. The zero-order valence-corrected chi connectivity index (χ0v) is 16.6. The summed E-state index contributed by atoms with van der Waals surface area (Å²) in [5, 5.41) is 0. The van der Waals surface area contributed by atoms with E-state index in [2.05, 4.69) is 6.92 Å². The van der Waals surface area contributed by atoms with Gasteiger partial charge in [-0.1, -0.05) is 74.9 Å². The molecule has 0 radical (unpaired) electrons. The van der Waals surface area contributed by atoms with E-state index in [4.69, 9.17) is 9.47 Å². The average Bonchev–Trinajstić information content (AvgIpc) is 3.13. The van der Waals surface area contributed by atoms with Crippen molar-refractivity contribution in [1.82, 2.24) is 0 Å². The Hall–Kier alpha value is -2.62. The third-order valence-electron chi connectivity index (χ3n) is 5.76. The Morgan fingerprint density at radius 2 is 1.71 bits per heavy atom. The standard InChI is InChI=1S/C24H28O4/c1-3-22(25)27-17-20-12-7-13-21(15-20)24(14-8-9-18(24)2)23(26)28-16-19-10-5-4-6-11-19/h4-7,10-13,15,18H,3,8-9,14,16-17H2,1-2H3. The molecule has 0 aromatic heterocycles. The van der Waals surface area contributed by atoms with Crippen molar-refractivity contribution in [2.75, 3.05) is 0 Å². The van der Waals surface area contributed by atoms with Crippen LogP contribution in [0, 0.1) is 5.92 Å². The molecule has 2 unspecified atom stereocenters. The predicted octanol–water partition coefficient (Wildman–Crippen LogP) is 4.94. The lowest BCUT2D eigenvalue weighted by molar-refractivity contribution is -0.153. The van der Waals surface area contributed by atoms with E-state index in [0.29, 0.717) is 6.42 Å². The minimum atomic E-state index is -0.639. The first kappa shape index (κ1) is 20.1. The smallest absolute Gasteiger partial charge is 0.317 e. The van der Waals surface area contributed by atoms with Crippen LogP contribution in [0.15, 0.2) is 54.6 Å². The highest BCUT2D eigenvalue weighted by Gasteiger charge is 2.49. The molecule has 2 aromatic rings. The quantitative estimate of drug-likeness (QED) is 0.639. The lowest BCUT2D eigenvalue weighted by atomic mass is 9.72. The van der Waals surface area contributed by atoms with Gasteiger partial charge in [0, 0.05) is 6.42 Å². The molecule has 1 aliphatic rings. The van der Waals surface area contributed by atoms with Gasteiger partial charge >= 0.3 is 11.9 Å². The molecule has 0 N–H and O–H groups in total. The first-order valence-corrected chi connectivity index (χ1v) is 10.0. The van der Waals surface area contributed by atoms with Gasteiger partial charge in [-0.3, -0.25) is 9.59 Å². The van der Waals surface area contributed by atoms with Crippen molar-refractivity contribution in [1.29, 1.82) is 0 Å². The second kappa shape index (κ2) is 9.05. The van der Waals surface area contributed by atoms with E-state index in [1.807, 2.05) is 54.6 Å². The molecule has 28 heavy (non-hydrogen) atoms. The zero-order valence-electron chi connectivity index (χ0n) is 16.6. The molecular formula is C24H28O4. The van der Waals surface area contributed by atoms with Gasteiger partial charge in [-0.15, -0.1) is 0 Å². The number of rotatable bonds is 7. The van der Waals surface area contributed by atoms with E-state index in [-0.39, 0.29) is 31.1 Å². The number of esters is 2. The SMILES string of the molecule is CCC(=O)OCc1cccc(C2(C(=O)OCc3ccccc3)CCCC2C)c1. The van der Waals surface area contributed by atoms with Gasteiger partial charge in [-0.2, -0.15) is 0 Å². The molecule has 1 fully saturated rings. The minimum absolute atomic E-state index is 0.163. The Morgan fingerprint density at radius 1 is 1.00 bits per heavy atom. The van der Waals surface area contributed by atoms with E-state index in [1.165, 1.54) is 0 Å². The molecule has 3 rings (SSSR count). The fourth-order valence-electron chi connectivity index (χ4n) is 4.09. The Balaban J connectivity index is 1.81. The van der Waals surface area contributed by atoms with Crippen molar-refractivity contribution in [3.63, 3.8) is 0 Å². The number of hydrogen-bond donors (Lipinski definition) is 0. The van der Waals surface area contributed by atoms with E-state index in [9.17, 15) is 9.59 Å². The molecule has 2 aromatic carbocycles. The molecule has 0 heterocycles. The number of carbonyl (C=O) groups excluding carboxylic acids is 2. The Bertz CT molecular complexity index is 814. The molecule has 1 aliphatic carbocycles. The van der Waals surface area contributed by atoms with Gasteiger partial charge in [0.05, 0.1) is 5.41 Å². The molecule has 0 saturated heterocycles. The molecule has 1 saturated carbocycles. The van der Waals surface area contributed by atoms with Crippen LogP contribution in [0.3, 0.4) is 0 Å². The average molecular weight is 380 g/mol. The number of ether oxygens (including phenoxy) is 2.